The molecule has 2 heterocycles. The van der Waals surface area contributed by atoms with E-state index in [0.717, 1.165) is 27.5 Å². The van der Waals surface area contributed by atoms with Gasteiger partial charge in [0.25, 0.3) is 5.91 Å². The van der Waals surface area contributed by atoms with Crippen LogP contribution in [0.25, 0.3) is 16.3 Å². The van der Waals surface area contributed by atoms with Gasteiger partial charge in [0, 0.05) is 18.1 Å². The van der Waals surface area contributed by atoms with Crippen LogP contribution in [-0.2, 0) is 10.3 Å². The number of carbonyl (C=O) groups is 2. The van der Waals surface area contributed by atoms with Crippen LogP contribution in [0.15, 0.2) is 103 Å². The second-order valence-electron chi connectivity index (χ2n) is 8.12. The Morgan fingerprint density at radius 2 is 1.42 bits per heavy atom. The topological polar surface area (TPSA) is 37.4 Å². The zero-order valence-electron chi connectivity index (χ0n) is 16.8. The van der Waals surface area contributed by atoms with Crippen LogP contribution in [0.2, 0.25) is 0 Å². The molecule has 4 aromatic rings. The van der Waals surface area contributed by atoms with E-state index in [1.807, 2.05) is 97.1 Å². The smallest absolute Gasteiger partial charge is 0.252 e. The van der Waals surface area contributed by atoms with Crippen molar-refractivity contribution < 1.29 is 9.59 Å². The van der Waals surface area contributed by atoms with Crippen molar-refractivity contribution in [1.29, 1.82) is 0 Å². The summed E-state index contributed by atoms with van der Waals surface area (Å²) < 4.78 is 0. The molecule has 0 N–H and O–H groups in total. The van der Waals surface area contributed by atoms with Crippen molar-refractivity contribution in [3.63, 3.8) is 0 Å². The van der Waals surface area contributed by atoms with Gasteiger partial charge in [0.15, 0.2) is 5.78 Å². The van der Waals surface area contributed by atoms with Crippen LogP contribution in [0.1, 0.15) is 27.9 Å². The van der Waals surface area contributed by atoms with Crippen LogP contribution in [-0.4, -0.2) is 11.7 Å². The van der Waals surface area contributed by atoms with Crippen LogP contribution in [0, 0.1) is 0 Å². The summed E-state index contributed by atoms with van der Waals surface area (Å²) in [6.07, 6.45) is 2.12. The average Bonchev–Trinajstić information content (AvgIpc) is 3.09. The molecule has 2 aliphatic heterocycles. The summed E-state index contributed by atoms with van der Waals surface area (Å²) in [5, 5.41) is 2.06. The Bertz CT molecular complexity index is 1400. The number of nitrogens with zero attached hydrogens (tertiary/aromatic N) is 1. The van der Waals surface area contributed by atoms with Crippen molar-refractivity contribution in [2.24, 2.45) is 0 Å². The van der Waals surface area contributed by atoms with Gasteiger partial charge in [-0.05, 0) is 39.6 Å². The molecule has 4 aromatic carbocycles. The minimum atomic E-state index is -1.10. The molecule has 2 aliphatic rings. The van der Waals surface area contributed by atoms with E-state index in [0.29, 0.717) is 17.7 Å². The van der Waals surface area contributed by atoms with E-state index in [9.17, 15) is 9.59 Å². The summed E-state index contributed by atoms with van der Waals surface area (Å²) in [5.41, 5.74) is 2.93. The summed E-state index contributed by atoms with van der Waals surface area (Å²) in [5.74, 6) is -0.175. The van der Waals surface area contributed by atoms with E-state index in [1.54, 1.807) is 11.0 Å². The van der Waals surface area contributed by atoms with E-state index >= 15 is 0 Å². The molecule has 0 bridgehead atoms. The average molecular weight is 401 g/mol. The zero-order valence-corrected chi connectivity index (χ0v) is 16.8. The molecule has 0 spiro atoms. The number of carbonyl (C=O) groups excluding carboxylic acids is 2. The van der Waals surface area contributed by atoms with Crippen LogP contribution in [0.4, 0.5) is 5.69 Å². The highest BCUT2D eigenvalue weighted by atomic mass is 16.2. The second-order valence-corrected chi connectivity index (χ2v) is 8.12. The molecule has 0 radical (unpaired) electrons. The van der Waals surface area contributed by atoms with E-state index in [4.69, 9.17) is 0 Å². The van der Waals surface area contributed by atoms with Crippen molar-refractivity contribution in [2.45, 2.75) is 12.0 Å². The molecule has 0 aromatic heterocycles. The third kappa shape index (κ3) is 2.40. The summed E-state index contributed by atoms with van der Waals surface area (Å²) in [7, 11) is 0. The largest absolute Gasteiger partial charge is 0.291 e. The third-order valence-corrected chi connectivity index (χ3v) is 6.49. The van der Waals surface area contributed by atoms with Gasteiger partial charge in [-0.2, -0.15) is 0 Å². The van der Waals surface area contributed by atoms with E-state index < -0.39 is 5.54 Å². The fourth-order valence-corrected chi connectivity index (χ4v) is 5.16. The molecule has 0 fully saturated rings. The van der Waals surface area contributed by atoms with Crippen LogP contribution in [0.3, 0.4) is 0 Å². The van der Waals surface area contributed by atoms with Gasteiger partial charge in [0.1, 0.15) is 5.54 Å². The molecule has 6 rings (SSSR count). The predicted octanol–water partition coefficient (Wildman–Crippen LogP) is 5.75. The molecule has 1 atom stereocenters. The van der Waals surface area contributed by atoms with E-state index in [-0.39, 0.29) is 11.7 Å². The summed E-state index contributed by atoms with van der Waals surface area (Å²) >= 11 is 0. The Kier molecular flexibility index (Phi) is 3.75. The Morgan fingerprint density at radius 1 is 0.710 bits per heavy atom. The van der Waals surface area contributed by atoms with Crippen molar-refractivity contribution in [1.82, 2.24) is 0 Å². The minimum Gasteiger partial charge on any atom is -0.291 e. The number of hydrogen-bond donors (Lipinski definition) is 0. The normalized spacial score (nSPS) is 19.9. The maximum Gasteiger partial charge on any atom is 0.252 e. The van der Waals surface area contributed by atoms with Gasteiger partial charge in [-0.15, -0.1) is 0 Å². The number of rotatable bonds is 2. The Morgan fingerprint density at radius 3 is 2.29 bits per heavy atom. The van der Waals surface area contributed by atoms with Crippen molar-refractivity contribution in [2.75, 3.05) is 4.90 Å². The number of para-hydroxylation sites is 1. The highest BCUT2D eigenvalue weighted by Crippen LogP contribution is 2.53. The third-order valence-electron chi connectivity index (χ3n) is 6.49. The summed E-state index contributed by atoms with van der Waals surface area (Å²) in [6, 6.07) is 31.4. The highest BCUT2D eigenvalue weighted by molar-refractivity contribution is 6.26. The van der Waals surface area contributed by atoms with Crippen molar-refractivity contribution in [3.05, 3.63) is 120 Å². The number of benzene rings is 4. The van der Waals surface area contributed by atoms with Gasteiger partial charge in [-0.3, -0.25) is 14.5 Å². The molecule has 0 unspecified atom stereocenters. The number of Topliss-reactive ketones (excluding diaryl/α,β-unsaturated/α-hetero) is 1. The molecule has 3 heteroatoms. The lowest BCUT2D eigenvalue weighted by Crippen LogP contribution is -2.52. The van der Waals surface area contributed by atoms with Gasteiger partial charge in [0.05, 0.1) is 5.69 Å². The number of amides is 1. The quantitative estimate of drug-likeness (QED) is 0.429. The molecular weight excluding hydrogens is 382 g/mol. The first-order chi connectivity index (χ1) is 15.2. The number of ketones is 1. The Labute approximate surface area is 180 Å². The molecule has 0 saturated heterocycles. The first-order valence-corrected chi connectivity index (χ1v) is 10.4. The van der Waals surface area contributed by atoms with E-state index in [2.05, 4.69) is 0 Å². The number of fused-ring (bicyclic) bond motifs is 4. The molecule has 148 valence electrons. The van der Waals surface area contributed by atoms with Crippen molar-refractivity contribution in [3.8, 4) is 0 Å². The van der Waals surface area contributed by atoms with Crippen LogP contribution in [0.5, 0.6) is 0 Å². The molecule has 31 heavy (non-hydrogen) atoms. The fraction of sp³-hybridized carbons (Fsp3) is 0.0714. The maximum atomic E-state index is 14.1. The van der Waals surface area contributed by atoms with Crippen LogP contribution >= 0.6 is 0 Å². The lowest BCUT2D eigenvalue weighted by molar-refractivity contribution is -0.115. The van der Waals surface area contributed by atoms with E-state index in [1.165, 1.54) is 0 Å². The lowest BCUT2D eigenvalue weighted by Gasteiger charge is -2.41. The first-order valence-electron chi connectivity index (χ1n) is 10.4. The Hall–Kier alpha value is -3.98. The first kappa shape index (κ1) is 17.8. The van der Waals surface area contributed by atoms with Gasteiger partial charge in [-0.25, -0.2) is 0 Å². The zero-order chi connectivity index (χ0) is 21.0. The fourth-order valence-electron chi connectivity index (χ4n) is 5.16. The van der Waals surface area contributed by atoms with Crippen molar-refractivity contribution >= 4 is 33.7 Å². The predicted molar refractivity (Wildman–Crippen MR) is 123 cm³/mol. The number of hydrogen-bond acceptors (Lipinski definition) is 2. The minimum absolute atomic E-state index is 0.0191. The molecule has 0 saturated carbocycles. The van der Waals surface area contributed by atoms with Gasteiger partial charge in [-0.1, -0.05) is 84.9 Å². The number of anilines is 1. The van der Waals surface area contributed by atoms with Crippen LogP contribution < -0.4 is 4.90 Å². The van der Waals surface area contributed by atoms with Gasteiger partial charge >= 0.3 is 0 Å². The SMILES string of the molecule is O=C1C=C(c2ccccc2)C[C@]2(c3cccc4ccccc34)C(=O)c3ccccc3N12. The second kappa shape index (κ2) is 6.51. The highest BCUT2D eigenvalue weighted by Gasteiger charge is 2.57. The standard InChI is InChI=1S/C28H19NO2/c30-26-17-21(19-9-2-1-3-10-19)18-28(24-15-8-12-20-11-4-5-13-22(20)24)27(31)23-14-6-7-16-25(23)29(26)28/h1-17H,18H2/t28-/m0/s1. The monoisotopic (exact) mass is 401 g/mol. The lowest BCUT2D eigenvalue weighted by atomic mass is 9.74. The Balaban J connectivity index is 1.67. The van der Waals surface area contributed by atoms with Gasteiger partial charge < -0.3 is 0 Å². The van der Waals surface area contributed by atoms with Gasteiger partial charge in [0.2, 0.25) is 0 Å². The summed E-state index contributed by atoms with van der Waals surface area (Å²) in [6.45, 7) is 0. The maximum absolute atomic E-state index is 14.1. The molecular formula is C28H19NO2. The molecule has 1 amide bonds. The summed E-state index contributed by atoms with van der Waals surface area (Å²) in [4.78, 5) is 29.4. The molecule has 0 aliphatic carbocycles. The molecule has 3 nitrogen and oxygen atoms in total.